The van der Waals surface area contributed by atoms with Crippen molar-refractivity contribution < 1.29 is 9.59 Å². The molecule has 2 amide bonds. The predicted octanol–water partition coefficient (Wildman–Crippen LogP) is 4.02. The van der Waals surface area contributed by atoms with Crippen LogP contribution in [0.25, 0.3) is 11.1 Å². The van der Waals surface area contributed by atoms with Gasteiger partial charge in [0.1, 0.15) is 0 Å². The van der Waals surface area contributed by atoms with Crippen LogP contribution in [-0.2, 0) is 12.8 Å². The lowest BCUT2D eigenvalue weighted by molar-refractivity contribution is 0.0880. The largest absolute Gasteiger partial charge is 0.288 e. The van der Waals surface area contributed by atoms with Gasteiger partial charge in [0.15, 0.2) is 0 Å². The van der Waals surface area contributed by atoms with E-state index < -0.39 is 0 Å². The topological polar surface area (TPSA) is 46.2 Å². The Kier molecular flexibility index (Phi) is 3.90. The minimum atomic E-state index is -0.316. The number of hydrogen-bond acceptors (Lipinski definition) is 2. The fraction of sp³-hybridized carbons (Fsp3) is 0.0909. The van der Waals surface area contributed by atoms with Gasteiger partial charge in [-0.1, -0.05) is 66.7 Å². The number of hydrogen-bond donors (Lipinski definition) is 1. The van der Waals surface area contributed by atoms with Crippen LogP contribution in [0, 0.1) is 0 Å². The number of benzene rings is 3. The van der Waals surface area contributed by atoms with Gasteiger partial charge in [0, 0.05) is 0 Å². The second-order valence-electron chi connectivity index (χ2n) is 6.15. The summed E-state index contributed by atoms with van der Waals surface area (Å²) in [6.07, 6.45) is 1.80. The first-order valence-electron chi connectivity index (χ1n) is 8.35. The molecular formula is C22H17NO2. The zero-order chi connectivity index (χ0) is 17.2. The van der Waals surface area contributed by atoms with Gasteiger partial charge in [-0.25, -0.2) is 0 Å². The van der Waals surface area contributed by atoms with Crippen LogP contribution in [0.15, 0.2) is 72.8 Å². The molecule has 0 aliphatic carbocycles. The summed E-state index contributed by atoms with van der Waals surface area (Å²) in [6.45, 7) is 0. The fourth-order valence-corrected chi connectivity index (χ4v) is 3.37. The van der Waals surface area contributed by atoms with Crippen molar-refractivity contribution in [1.29, 1.82) is 0 Å². The van der Waals surface area contributed by atoms with Gasteiger partial charge in [-0.2, -0.15) is 0 Å². The molecule has 122 valence electrons. The Morgan fingerprint density at radius 3 is 2.12 bits per heavy atom. The summed E-state index contributed by atoms with van der Waals surface area (Å²) in [4.78, 5) is 24.2. The molecule has 1 N–H and O–H groups in total. The van der Waals surface area contributed by atoms with Gasteiger partial charge in [-0.15, -0.1) is 0 Å². The molecule has 0 aromatic heterocycles. The molecule has 0 saturated carbocycles. The van der Waals surface area contributed by atoms with Crippen molar-refractivity contribution >= 4 is 11.8 Å². The first kappa shape index (κ1) is 15.3. The van der Waals surface area contributed by atoms with E-state index in [4.69, 9.17) is 0 Å². The predicted molar refractivity (Wildman–Crippen MR) is 97.5 cm³/mol. The van der Waals surface area contributed by atoms with Gasteiger partial charge in [0.25, 0.3) is 11.8 Å². The molecule has 0 unspecified atom stereocenters. The zero-order valence-corrected chi connectivity index (χ0v) is 13.7. The van der Waals surface area contributed by atoms with Crippen molar-refractivity contribution in [1.82, 2.24) is 5.32 Å². The molecule has 4 rings (SSSR count). The van der Waals surface area contributed by atoms with Crippen LogP contribution < -0.4 is 5.32 Å². The minimum absolute atomic E-state index is 0.312. The second-order valence-corrected chi connectivity index (χ2v) is 6.15. The molecule has 25 heavy (non-hydrogen) atoms. The maximum atomic E-state index is 12.2. The van der Waals surface area contributed by atoms with Gasteiger partial charge >= 0.3 is 0 Å². The number of rotatable bonds is 4. The Morgan fingerprint density at radius 1 is 0.600 bits per heavy atom. The van der Waals surface area contributed by atoms with Crippen LogP contribution in [0.5, 0.6) is 0 Å². The molecule has 0 bridgehead atoms. The van der Waals surface area contributed by atoms with E-state index in [-0.39, 0.29) is 11.8 Å². The summed E-state index contributed by atoms with van der Waals surface area (Å²) in [5, 5.41) is 2.39. The summed E-state index contributed by atoms with van der Waals surface area (Å²) >= 11 is 0. The van der Waals surface area contributed by atoms with Gasteiger partial charge in [0.2, 0.25) is 0 Å². The Morgan fingerprint density at radius 2 is 1.28 bits per heavy atom. The lowest BCUT2D eigenvalue weighted by Crippen LogP contribution is -2.20. The van der Waals surface area contributed by atoms with Crippen molar-refractivity contribution in [2.24, 2.45) is 0 Å². The molecule has 0 spiro atoms. The Hall–Kier alpha value is -3.20. The highest BCUT2D eigenvalue weighted by Crippen LogP contribution is 2.32. The number of fused-ring (bicyclic) bond motifs is 1. The number of aryl methyl sites for hydroxylation is 2. The fourth-order valence-electron chi connectivity index (χ4n) is 3.37. The molecule has 3 aromatic carbocycles. The van der Waals surface area contributed by atoms with E-state index in [0.29, 0.717) is 11.1 Å². The molecule has 0 atom stereocenters. The van der Waals surface area contributed by atoms with E-state index >= 15 is 0 Å². The SMILES string of the molecule is O=C1NC(=O)c2c1cccc2-c1ccccc1CCc1ccccc1. The summed E-state index contributed by atoms with van der Waals surface area (Å²) in [5.41, 5.74) is 5.24. The monoisotopic (exact) mass is 327 g/mol. The van der Waals surface area contributed by atoms with Crippen LogP contribution in [0.4, 0.5) is 0 Å². The average molecular weight is 327 g/mol. The molecule has 1 aliphatic heterocycles. The summed E-state index contributed by atoms with van der Waals surface area (Å²) in [7, 11) is 0. The summed E-state index contributed by atoms with van der Waals surface area (Å²) < 4.78 is 0. The Labute approximate surface area is 146 Å². The van der Waals surface area contributed by atoms with E-state index in [2.05, 4.69) is 23.5 Å². The molecule has 3 aromatic rings. The van der Waals surface area contributed by atoms with Crippen molar-refractivity contribution in [2.75, 3.05) is 0 Å². The van der Waals surface area contributed by atoms with Crippen molar-refractivity contribution in [3.05, 3.63) is 95.1 Å². The molecule has 0 saturated heterocycles. The van der Waals surface area contributed by atoms with Crippen molar-refractivity contribution in [3.63, 3.8) is 0 Å². The second kappa shape index (κ2) is 6.36. The zero-order valence-electron chi connectivity index (χ0n) is 13.7. The minimum Gasteiger partial charge on any atom is -0.288 e. The highest BCUT2D eigenvalue weighted by Gasteiger charge is 2.29. The third-order valence-electron chi connectivity index (χ3n) is 4.60. The summed E-state index contributed by atoms with van der Waals surface area (Å²) in [5.74, 6) is -0.628. The number of amides is 2. The van der Waals surface area contributed by atoms with E-state index in [1.54, 1.807) is 6.07 Å². The number of carbonyl (C=O) groups is 2. The molecule has 3 heteroatoms. The molecule has 3 nitrogen and oxygen atoms in total. The average Bonchev–Trinajstić information content (AvgIpc) is 2.95. The number of nitrogens with one attached hydrogen (secondary N) is 1. The standard InChI is InChI=1S/C22H17NO2/c24-21-19-12-6-11-18(20(19)22(25)23-21)17-10-5-4-9-16(17)14-13-15-7-2-1-3-8-15/h1-12H,13-14H2,(H,23,24,25). The van der Waals surface area contributed by atoms with Crippen LogP contribution in [-0.4, -0.2) is 11.8 Å². The van der Waals surface area contributed by atoms with Crippen LogP contribution in [0.2, 0.25) is 0 Å². The van der Waals surface area contributed by atoms with E-state index in [0.717, 1.165) is 24.0 Å². The van der Waals surface area contributed by atoms with E-state index in [9.17, 15) is 9.59 Å². The van der Waals surface area contributed by atoms with Gasteiger partial charge in [-0.3, -0.25) is 14.9 Å². The molecule has 1 heterocycles. The molecule has 0 radical (unpaired) electrons. The highest BCUT2D eigenvalue weighted by atomic mass is 16.2. The number of carbonyl (C=O) groups excluding carboxylic acids is 2. The Bertz CT molecular complexity index is 961. The smallest absolute Gasteiger partial charge is 0.259 e. The third-order valence-corrected chi connectivity index (χ3v) is 4.60. The Balaban J connectivity index is 1.73. The van der Waals surface area contributed by atoms with Crippen LogP contribution in [0.1, 0.15) is 31.8 Å². The van der Waals surface area contributed by atoms with E-state index in [1.165, 1.54) is 11.1 Å². The lowest BCUT2D eigenvalue weighted by atomic mass is 9.91. The summed E-state index contributed by atoms with van der Waals surface area (Å²) in [6, 6.07) is 23.9. The van der Waals surface area contributed by atoms with Crippen molar-refractivity contribution in [3.8, 4) is 11.1 Å². The molecule has 0 fully saturated rings. The lowest BCUT2D eigenvalue weighted by Gasteiger charge is -2.12. The highest BCUT2D eigenvalue weighted by molar-refractivity contribution is 6.24. The first-order chi connectivity index (χ1) is 12.2. The number of imide groups is 1. The van der Waals surface area contributed by atoms with Gasteiger partial charge in [0.05, 0.1) is 11.1 Å². The van der Waals surface area contributed by atoms with Crippen LogP contribution in [0.3, 0.4) is 0 Å². The van der Waals surface area contributed by atoms with Gasteiger partial charge < -0.3 is 0 Å². The quantitative estimate of drug-likeness (QED) is 0.736. The van der Waals surface area contributed by atoms with Crippen LogP contribution >= 0.6 is 0 Å². The van der Waals surface area contributed by atoms with E-state index in [1.807, 2.05) is 48.5 Å². The third kappa shape index (κ3) is 2.85. The van der Waals surface area contributed by atoms with Gasteiger partial charge in [-0.05, 0) is 41.2 Å². The maximum Gasteiger partial charge on any atom is 0.259 e. The molecular weight excluding hydrogens is 310 g/mol. The first-order valence-corrected chi connectivity index (χ1v) is 8.35. The normalized spacial score (nSPS) is 12.8. The van der Waals surface area contributed by atoms with Crippen molar-refractivity contribution in [2.45, 2.75) is 12.8 Å². The maximum absolute atomic E-state index is 12.2. The molecule has 1 aliphatic rings.